The molecule has 0 radical (unpaired) electrons. The predicted molar refractivity (Wildman–Crippen MR) is 111 cm³/mol. The molecule has 1 atom stereocenters. The lowest BCUT2D eigenvalue weighted by Gasteiger charge is -2.29. The number of aromatic nitrogens is 2. The van der Waals surface area contributed by atoms with Crippen molar-refractivity contribution in [1.82, 2.24) is 20.2 Å². The number of nitrogens with zero attached hydrogens (tertiary/aromatic N) is 3. The molecule has 5 heteroatoms. The Bertz CT molecular complexity index is 931. The summed E-state index contributed by atoms with van der Waals surface area (Å²) in [7, 11) is 0. The third-order valence-electron chi connectivity index (χ3n) is 6.29. The summed E-state index contributed by atoms with van der Waals surface area (Å²) in [6.07, 6.45) is 5.89. The number of nitrogens with one attached hydrogen (secondary N) is 1. The lowest BCUT2D eigenvalue weighted by molar-refractivity contribution is 0.188. The van der Waals surface area contributed by atoms with Gasteiger partial charge in [0.2, 0.25) is 0 Å². The normalized spacial score (nSPS) is 21.2. The molecule has 0 bridgehead atoms. The smallest absolute Gasteiger partial charge is 0.107 e. The van der Waals surface area contributed by atoms with Gasteiger partial charge < -0.3 is 5.32 Å². The molecule has 0 amide bonds. The summed E-state index contributed by atoms with van der Waals surface area (Å²) in [5.41, 5.74) is 4.08. The number of thiazole rings is 1. The largest absolute Gasteiger partial charge is 0.317 e. The number of fused-ring (bicyclic) bond motifs is 1. The van der Waals surface area contributed by atoms with E-state index in [1.165, 1.54) is 48.3 Å². The summed E-state index contributed by atoms with van der Waals surface area (Å²) in [4.78, 5) is 11.9. The van der Waals surface area contributed by atoms with Crippen LogP contribution < -0.4 is 5.32 Å². The molecule has 1 spiro atoms. The minimum Gasteiger partial charge on any atom is -0.317 e. The fourth-order valence-electron chi connectivity index (χ4n) is 4.70. The Balaban J connectivity index is 1.40. The van der Waals surface area contributed by atoms with Gasteiger partial charge in [-0.3, -0.25) is 9.88 Å². The molecule has 3 heterocycles. The van der Waals surface area contributed by atoms with Crippen LogP contribution in [0, 0.1) is 12.3 Å². The first-order valence-corrected chi connectivity index (χ1v) is 10.8. The van der Waals surface area contributed by atoms with Crippen LogP contribution in [-0.2, 0) is 13.1 Å². The maximum atomic E-state index is 4.64. The highest BCUT2D eigenvalue weighted by atomic mass is 32.1. The first kappa shape index (κ1) is 17.3. The van der Waals surface area contributed by atoms with Crippen LogP contribution >= 0.6 is 11.3 Å². The van der Waals surface area contributed by atoms with Crippen molar-refractivity contribution < 1.29 is 0 Å². The maximum absolute atomic E-state index is 4.64. The number of pyridine rings is 1. The predicted octanol–water partition coefficient (Wildman–Crippen LogP) is 4.14. The quantitative estimate of drug-likeness (QED) is 0.724. The van der Waals surface area contributed by atoms with Crippen LogP contribution in [-0.4, -0.2) is 34.0 Å². The van der Waals surface area contributed by atoms with Gasteiger partial charge in [0.25, 0.3) is 0 Å². The van der Waals surface area contributed by atoms with Crippen molar-refractivity contribution in [3.63, 3.8) is 0 Å². The van der Waals surface area contributed by atoms with Gasteiger partial charge in [0.1, 0.15) is 5.01 Å². The average Bonchev–Trinajstić information content (AvgIpc) is 3.11. The lowest BCUT2D eigenvalue weighted by atomic mass is 9.93. The van der Waals surface area contributed by atoms with Crippen LogP contribution in [0.2, 0.25) is 0 Å². The van der Waals surface area contributed by atoms with Crippen LogP contribution in [0.3, 0.4) is 0 Å². The second-order valence-electron chi connectivity index (χ2n) is 8.14. The van der Waals surface area contributed by atoms with E-state index in [0.29, 0.717) is 11.5 Å². The fraction of sp³-hybridized carbons (Fsp3) is 0.455. The summed E-state index contributed by atoms with van der Waals surface area (Å²) in [6.45, 7) is 6.34. The summed E-state index contributed by atoms with van der Waals surface area (Å²) < 4.78 is 0. The molecule has 1 aliphatic heterocycles. The van der Waals surface area contributed by atoms with Crippen molar-refractivity contribution in [2.24, 2.45) is 5.41 Å². The zero-order valence-corrected chi connectivity index (χ0v) is 16.6. The Morgan fingerprint density at radius 3 is 2.89 bits per heavy atom. The number of benzene rings is 1. The van der Waals surface area contributed by atoms with Gasteiger partial charge in [-0.2, -0.15) is 0 Å². The van der Waals surface area contributed by atoms with E-state index in [1.807, 2.05) is 6.20 Å². The van der Waals surface area contributed by atoms with Gasteiger partial charge in [0.15, 0.2) is 0 Å². The van der Waals surface area contributed by atoms with Gasteiger partial charge in [0.05, 0.1) is 12.1 Å². The molecule has 1 saturated heterocycles. The third-order valence-corrected chi connectivity index (χ3v) is 7.05. The van der Waals surface area contributed by atoms with Crippen molar-refractivity contribution in [2.45, 2.75) is 45.3 Å². The van der Waals surface area contributed by atoms with Crippen LogP contribution in [0.25, 0.3) is 10.9 Å². The number of hydrogen-bond acceptors (Lipinski definition) is 5. The molecule has 1 saturated carbocycles. The molecule has 2 aliphatic rings. The van der Waals surface area contributed by atoms with Crippen LogP contribution in [0.4, 0.5) is 0 Å². The first-order chi connectivity index (χ1) is 13.2. The van der Waals surface area contributed by atoms with Gasteiger partial charge in [-0.15, -0.1) is 11.3 Å². The molecule has 2 fully saturated rings. The number of piperidine rings is 1. The molecule has 1 unspecified atom stereocenters. The molecule has 140 valence electrons. The molecule has 1 aromatic carbocycles. The van der Waals surface area contributed by atoms with Crippen molar-refractivity contribution >= 4 is 22.2 Å². The van der Waals surface area contributed by atoms with Crippen molar-refractivity contribution in [1.29, 1.82) is 0 Å². The average molecular weight is 379 g/mol. The summed E-state index contributed by atoms with van der Waals surface area (Å²) in [6, 6.07) is 11.7. The minimum atomic E-state index is 0.540. The molecule has 3 aromatic rings. The molecule has 2 aromatic heterocycles. The number of aryl methyl sites for hydroxylation is 1. The van der Waals surface area contributed by atoms with E-state index in [9.17, 15) is 0 Å². The Morgan fingerprint density at radius 1 is 1.19 bits per heavy atom. The second kappa shape index (κ2) is 6.97. The monoisotopic (exact) mass is 378 g/mol. The van der Waals surface area contributed by atoms with Crippen LogP contribution in [0.15, 0.2) is 41.9 Å². The highest BCUT2D eigenvalue weighted by Crippen LogP contribution is 2.56. The first-order valence-electron chi connectivity index (χ1n) is 9.91. The second-order valence-corrected chi connectivity index (χ2v) is 9.12. The highest BCUT2D eigenvalue weighted by Gasteiger charge is 2.56. The van der Waals surface area contributed by atoms with E-state index in [1.54, 1.807) is 11.3 Å². The number of hydrogen-bond donors (Lipinski definition) is 1. The van der Waals surface area contributed by atoms with E-state index in [-0.39, 0.29) is 0 Å². The van der Waals surface area contributed by atoms with Crippen LogP contribution in [0.5, 0.6) is 0 Å². The van der Waals surface area contributed by atoms with E-state index in [4.69, 9.17) is 0 Å². The molecular formula is C22H26N4S. The fourth-order valence-corrected chi connectivity index (χ4v) is 5.34. The zero-order valence-electron chi connectivity index (χ0n) is 15.8. The minimum absolute atomic E-state index is 0.540. The van der Waals surface area contributed by atoms with E-state index >= 15 is 0 Å². The highest BCUT2D eigenvalue weighted by molar-refractivity contribution is 7.09. The molecular weight excluding hydrogens is 352 g/mol. The summed E-state index contributed by atoms with van der Waals surface area (Å²) in [5, 5.41) is 8.07. The Kier molecular flexibility index (Phi) is 4.46. The van der Waals surface area contributed by atoms with Crippen molar-refractivity contribution in [3.8, 4) is 0 Å². The van der Waals surface area contributed by atoms with Gasteiger partial charge in [-0.1, -0.05) is 12.1 Å². The van der Waals surface area contributed by atoms with Crippen molar-refractivity contribution in [2.75, 3.05) is 13.1 Å². The molecule has 27 heavy (non-hydrogen) atoms. The third kappa shape index (κ3) is 3.51. The molecule has 1 N–H and O–H groups in total. The van der Waals surface area contributed by atoms with Gasteiger partial charge >= 0.3 is 0 Å². The van der Waals surface area contributed by atoms with Crippen LogP contribution in [0.1, 0.15) is 35.5 Å². The molecule has 1 aliphatic carbocycles. The lowest BCUT2D eigenvalue weighted by Crippen LogP contribution is -2.35. The standard InChI is InChI=1S/C22H26N4S/c1-16-2-4-18-12-17(3-5-19(18)25-16)14-26(15-21-24-10-11-27-21)20-13-22(20)6-8-23-9-7-22/h2-5,10-12,20,23H,6-9,13-15H2,1H3. The van der Waals surface area contributed by atoms with E-state index < -0.39 is 0 Å². The Hall–Kier alpha value is -1.82. The SMILES string of the molecule is Cc1ccc2cc(CN(Cc3nccs3)C3CC34CCNCC4)ccc2n1. The molecule has 4 nitrogen and oxygen atoms in total. The van der Waals surface area contributed by atoms with Gasteiger partial charge in [-0.05, 0) is 68.5 Å². The maximum Gasteiger partial charge on any atom is 0.107 e. The van der Waals surface area contributed by atoms with Gasteiger partial charge in [0, 0.05) is 35.2 Å². The van der Waals surface area contributed by atoms with E-state index in [0.717, 1.165) is 24.3 Å². The number of rotatable bonds is 5. The Labute approximate surface area is 164 Å². The van der Waals surface area contributed by atoms with E-state index in [2.05, 4.69) is 62.8 Å². The van der Waals surface area contributed by atoms with Gasteiger partial charge in [-0.25, -0.2) is 4.98 Å². The van der Waals surface area contributed by atoms with Crippen molar-refractivity contribution in [3.05, 3.63) is 58.2 Å². The zero-order chi connectivity index (χ0) is 18.3. The Morgan fingerprint density at radius 2 is 2.07 bits per heavy atom. The molecule has 5 rings (SSSR count). The summed E-state index contributed by atoms with van der Waals surface area (Å²) >= 11 is 1.77. The summed E-state index contributed by atoms with van der Waals surface area (Å²) in [5.74, 6) is 0. The topological polar surface area (TPSA) is 41.1 Å².